The van der Waals surface area contributed by atoms with Crippen LogP contribution in [0.4, 0.5) is 0 Å². The maximum absolute atomic E-state index is 12.5. The zero-order chi connectivity index (χ0) is 19.2. The minimum Gasteiger partial charge on any atom is -0.496 e. The van der Waals surface area contributed by atoms with E-state index in [0.717, 1.165) is 21.9 Å². The number of nitrogens with one attached hydrogen (secondary N) is 1. The highest BCUT2D eigenvalue weighted by atomic mass is 32.2. The Bertz CT molecular complexity index is 966. The Balaban J connectivity index is 1.73. The van der Waals surface area contributed by atoms with Crippen molar-refractivity contribution in [2.24, 2.45) is 5.10 Å². The molecule has 3 aromatic rings. The lowest BCUT2D eigenvalue weighted by Crippen LogP contribution is -2.17. The van der Waals surface area contributed by atoms with E-state index < -0.39 is 0 Å². The van der Waals surface area contributed by atoms with E-state index >= 15 is 0 Å². The van der Waals surface area contributed by atoms with E-state index in [1.807, 2.05) is 61.7 Å². The van der Waals surface area contributed by atoms with Gasteiger partial charge in [0, 0.05) is 4.90 Å². The Morgan fingerprint density at radius 2 is 1.96 bits per heavy atom. The first-order valence-corrected chi connectivity index (χ1v) is 10.2. The summed E-state index contributed by atoms with van der Waals surface area (Å²) in [6, 6.07) is 15.6. The molecular weight excluding hydrogens is 378 g/mol. The number of carbonyl (C=O) groups excluding carboxylic acids is 1. The zero-order valence-electron chi connectivity index (χ0n) is 15.2. The van der Waals surface area contributed by atoms with Crippen LogP contribution in [0.25, 0.3) is 10.6 Å². The first-order valence-electron chi connectivity index (χ1n) is 8.20. The van der Waals surface area contributed by atoms with Crippen molar-refractivity contribution in [1.29, 1.82) is 0 Å². The van der Waals surface area contributed by atoms with Crippen molar-refractivity contribution in [3.8, 4) is 16.3 Å². The van der Waals surface area contributed by atoms with E-state index in [4.69, 9.17) is 4.74 Å². The van der Waals surface area contributed by atoms with Gasteiger partial charge < -0.3 is 4.74 Å². The number of nitrogens with zero attached hydrogens (tertiary/aromatic N) is 2. The summed E-state index contributed by atoms with van der Waals surface area (Å²) in [4.78, 5) is 18.7. The second kappa shape index (κ2) is 8.83. The van der Waals surface area contributed by atoms with Crippen LogP contribution in [-0.2, 0) is 0 Å². The van der Waals surface area contributed by atoms with Crippen molar-refractivity contribution < 1.29 is 9.53 Å². The number of hydrogen-bond donors (Lipinski definition) is 1. The molecule has 5 nitrogen and oxygen atoms in total. The molecule has 1 heterocycles. The highest BCUT2D eigenvalue weighted by Crippen LogP contribution is 2.34. The largest absolute Gasteiger partial charge is 0.496 e. The lowest BCUT2D eigenvalue weighted by Gasteiger charge is -2.04. The number of thioether (sulfide) groups is 1. The predicted molar refractivity (Wildman–Crippen MR) is 112 cm³/mol. The number of benzene rings is 2. The molecule has 1 aromatic heterocycles. The fourth-order valence-corrected chi connectivity index (χ4v) is 3.84. The number of ether oxygens (including phenoxy) is 1. The van der Waals surface area contributed by atoms with E-state index in [2.05, 4.69) is 15.5 Å². The van der Waals surface area contributed by atoms with Crippen molar-refractivity contribution in [1.82, 2.24) is 10.4 Å². The van der Waals surface area contributed by atoms with Crippen LogP contribution < -0.4 is 10.2 Å². The first kappa shape index (κ1) is 19.1. The molecule has 0 spiro atoms. The molecule has 0 atom stereocenters. The van der Waals surface area contributed by atoms with Crippen LogP contribution in [-0.4, -0.2) is 30.5 Å². The highest BCUT2D eigenvalue weighted by Gasteiger charge is 2.17. The third kappa shape index (κ3) is 4.56. The number of thiazole rings is 1. The van der Waals surface area contributed by atoms with Gasteiger partial charge in [-0.15, -0.1) is 23.1 Å². The summed E-state index contributed by atoms with van der Waals surface area (Å²) in [5, 5.41) is 4.80. The molecule has 27 heavy (non-hydrogen) atoms. The van der Waals surface area contributed by atoms with Gasteiger partial charge in [0.25, 0.3) is 5.91 Å². The van der Waals surface area contributed by atoms with E-state index in [1.54, 1.807) is 25.1 Å². The molecule has 0 bridgehead atoms. The van der Waals surface area contributed by atoms with Gasteiger partial charge in [-0.2, -0.15) is 5.10 Å². The molecule has 3 rings (SSSR count). The van der Waals surface area contributed by atoms with Crippen molar-refractivity contribution >= 4 is 35.2 Å². The lowest BCUT2D eigenvalue weighted by molar-refractivity contribution is 0.0958. The topological polar surface area (TPSA) is 63.6 Å². The molecule has 138 valence electrons. The summed E-state index contributed by atoms with van der Waals surface area (Å²) in [5.74, 6) is 0.452. The molecule has 0 saturated carbocycles. The fraction of sp³-hybridized carbons (Fsp3) is 0.150. The molecule has 0 unspecified atom stereocenters. The van der Waals surface area contributed by atoms with Gasteiger partial charge in [-0.3, -0.25) is 4.79 Å². The number of aryl methyl sites for hydroxylation is 1. The maximum Gasteiger partial charge on any atom is 0.283 e. The van der Waals surface area contributed by atoms with E-state index in [9.17, 15) is 4.79 Å². The molecule has 0 fully saturated rings. The molecule has 0 radical (unpaired) electrons. The van der Waals surface area contributed by atoms with Crippen molar-refractivity contribution in [2.45, 2.75) is 11.8 Å². The van der Waals surface area contributed by atoms with Crippen LogP contribution in [0.3, 0.4) is 0 Å². The lowest BCUT2D eigenvalue weighted by atomic mass is 10.2. The quantitative estimate of drug-likeness (QED) is 0.375. The summed E-state index contributed by atoms with van der Waals surface area (Å²) in [5.41, 5.74) is 5.03. The number of amides is 1. The summed E-state index contributed by atoms with van der Waals surface area (Å²) >= 11 is 3.00. The van der Waals surface area contributed by atoms with Crippen molar-refractivity contribution in [2.75, 3.05) is 13.4 Å². The summed E-state index contributed by atoms with van der Waals surface area (Å²) in [7, 11) is 1.62. The Kier molecular flexibility index (Phi) is 6.26. The Labute approximate surface area is 166 Å². The van der Waals surface area contributed by atoms with Gasteiger partial charge in [0.2, 0.25) is 0 Å². The molecular formula is C20H19N3O2S2. The Morgan fingerprint density at radius 1 is 1.22 bits per heavy atom. The number of para-hydroxylation sites is 1. The Morgan fingerprint density at radius 3 is 2.67 bits per heavy atom. The smallest absolute Gasteiger partial charge is 0.283 e. The van der Waals surface area contributed by atoms with Gasteiger partial charge in [-0.25, -0.2) is 10.4 Å². The SMILES string of the molecule is COc1ccccc1-c1nc(C)c(C(=O)N/N=C/c2ccc(SC)cc2)s1. The highest BCUT2D eigenvalue weighted by molar-refractivity contribution is 7.98. The maximum atomic E-state index is 12.5. The molecule has 0 aliphatic carbocycles. The van der Waals surface area contributed by atoms with Crippen LogP contribution in [0.2, 0.25) is 0 Å². The molecule has 7 heteroatoms. The average Bonchev–Trinajstić information content (AvgIpc) is 3.10. The van der Waals surface area contributed by atoms with Gasteiger partial charge in [0.15, 0.2) is 0 Å². The Hall–Kier alpha value is -2.64. The van der Waals surface area contributed by atoms with Crippen LogP contribution in [0, 0.1) is 6.92 Å². The number of hydrogen-bond acceptors (Lipinski definition) is 6. The third-order valence-corrected chi connectivity index (χ3v) is 5.77. The third-order valence-electron chi connectivity index (χ3n) is 3.84. The predicted octanol–water partition coefficient (Wildman–Crippen LogP) is 4.61. The van der Waals surface area contributed by atoms with Crippen LogP contribution in [0.15, 0.2) is 58.5 Å². The summed E-state index contributed by atoms with van der Waals surface area (Å²) in [6.45, 7) is 1.81. The molecule has 0 aliphatic rings. The van der Waals surface area contributed by atoms with Crippen molar-refractivity contribution in [3.63, 3.8) is 0 Å². The van der Waals surface area contributed by atoms with Crippen LogP contribution in [0.1, 0.15) is 20.9 Å². The normalized spacial score (nSPS) is 10.9. The summed E-state index contributed by atoms with van der Waals surface area (Å²) in [6.07, 6.45) is 3.65. The molecule has 2 aromatic carbocycles. The standard InChI is InChI=1S/C20H19N3O2S2/c1-13-18(27-20(22-13)16-6-4-5-7-17(16)25-2)19(24)23-21-12-14-8-10-15(26-3)11-9-14/h4-12H,1-3H3,(H,23,24)/b21-12+. The molecule has 0 saturated heterocycles. The second-order valence-electron chi connectivity index (χ2n) is 5.61. The van der Waals surface area contributed by atoms with Gasteiger partial charge in [0.05, 0.1) is 24.6 Å². The fourth-order valence-electron chi connectivity index (χ4n) is 2.45. The number of hydrazone groups is 1. The molecule has 0 aliphatic heterocycles. The number of aromatic nitrogens is 1. The van der Waals surface area contributed by atoms with Gasteiger partial charge in [-0.1, -0.05) is 24.3 Å². The zero-order valence-corrected chi connectivity index (χ0v) is 16.9. The number of methoxy groups -OCH3 is 1. The first-order chi connectivity index (χ1) is 13.1. The van der Waals surface area contributed by atoms with Crippen LogP contribution >= 0.6 is 23.1 Å². The monoisotopic (exact) mass is 397 g/mol. The van der Waals surface area contributed by atoms with E-state index in [-0.39, 0.29) is 5.91 Å². The van der Waals surface area contributed by atoms with Gasteiger partial charge in [0.1, 0.15) is 15.6 Å². The van der Waals surface area contributed by atoms with Gasteiger partial charge in [-0.05, 0) is 43.0 Å². The van der Waals surface area contributed by atoms with E-state index in [0.29, 0.717) is 10.6 Å². The molecule has 1 N–H and O–H groups in total. The number of carbonyl (C=O) groups is 1. The van der Waals surface area contributed by atoms with Crippen molar-refractivity contribution in [3.05, 3.63) is 64.7 Å². The molecule has 1 amide bonds. The minimum absolute atomic E-state index is 0.275. The minimum atomic E-state index is -0.275. The average molecular weight is 398 g/mol. The number of rotatable bonds is 6. The van der Waals surface area contributed by atoms with E-state index in [1.165, 1.54) is 16.2 Å². The van der Waals surface area contributed by atoms with Crippen LogP contribution in [0.5, 0.6) is 5.75 Å². The second-order valence-corrected chi connectivity index (χ2v) is 7.48. The summed E-state index contributed by atoms with van der Waals surface area (Å²) < 4.78 is 5.38. The van der Waals surface area contributed by atoms with Gasteiger partial charge >= 0.3 is 0 Å².